The van der Waals surface area contributed by atoms with Crippen molar-refractivity contribution in [3.63, 3.8) is 0 Å². The number of pyridine rings is 1. The van der Waals surface area contributed by atoms with E-state index in [-0.39, 0.29) is 12.1 Å². The maximum absolute atomic E-state index is 5.65. The van der Waals surface area contributed by atoms with Crippen molar-refractivity contribution in [1.29, 1.82) is 0 Å². The van der Waals surface area contributed by atoms with Gasteiger partial charge in [-0.3, -0.25) is 4.98 Å². The molecule has 126 valence electrons. The van der Waals surface area contributed by atoms with Crippen LogP contribution in [0.2, 0.25) is 0 Å². The number of H-pyrrole nitrogens is 1. The van der Waals surface area contributed by atoms with Crippen LogP contribution in [0.15, 0.2) is 67.0 Å². The number of rotatable bonds is 4. The van der Waals surface area contributed by atoms with Crippen molar-refractivity contribution in [2.75, 3.05) is 12.0 Å². The molecule has 2 aromatic heterocycles. The third-order valence-corrected chi connectivity index (χ3v) is 4.70. The van der Waals surface area contributed by atoms with Gasteiger partial charge in [0, 0.05) is 23.8 Å². The van der Waals surface area contributed by atoms with Crippen molar-refractivity contribution < 1.29 is 4.74 Å². The molecule has 3 heterocycles. The smallest absolute Gasteiger partial charge is 0.174 e. The molecular formula is C19H18N4OS. The van der Waals surface area contributed by atoms with E-state index in [0.717, 1.165) is 22.8 Å². The standard InChI is InChI=1S/C19H18N4OS/c1-24-14-9-7-13(8-10-14)23-18(16-6-4-12-21-16)17(22-19(23)25)15-5-2-3-11-20-15/h2-12,17-18,21H,1H3,(H,22,25). The van der Waals surface area contributed by atoms with Gasteiger partial charge in [-0.2, -0.15) is 0 Å². The summed E-state index contributed by atoms with van der Waals surface area (Å²) in [6, 6.07) is 17.9. The van der Waals surface area contributed by atoms with Crippen LogP contribution in [0.3, 0.4) is 0 Å². The number of ether oxygens (including phenoxy) is 1. The predicted octanol–water partition coefficient (Wildman–Crippen LogP) is 3.60. The van der Waals surface area contributed by atoms with Gasteiger partial charge in [-0.1, -0.05) is 6.07 Å². The number of hydrogen-bond acceptors (Lipinski definition) is 3. The number of nitrogens with one attached hydrogen (secondary N) is 2. The Hall–Kier alpha value is -2.86. The number of aromatic amines is 1. The molecule has 1 saturated heterocycles. The van der Waals surface area contributed by atoms with Crippen molar-refractivity contribution in [3.05, 3.63) is 78.4 Å². The second kappa shape index (κ2) is 6.57. The molecule has 0 amide bonds. The van der Waals surface area contributed by atoms with Crippen molar-refractivity contribution >= 4 is 23.0 Å². The van der Waals surface area contributed by atoms with Gasteiger partial charge in [-0.05, 0) is 60.7 Å². The van der Waals surface area contributed by atoms with Gasteiger partial charge in [-0.25, -0.2) is 0 Å². The van der Waals surface area contributed by atoms with Crippen molar-refractivity contribution in [2.45, 2.75) is 12.1 Å². The van der Waals surface area contributed by atoms with Gasteiger partial charge in [0.2, 0.25) is 0 Å². The minimum Gasteiger partial charge on any atom is -0.497 e. The molecule has 1 aliphatic heterocycles. The Morgan fingerprint density at radius 2 is 1.92 bits per heavy atom. The number of hydrogen-bond donors (Lipinski definition) is 2. The van der Waals surface area contributed by atoms with Crippen LogP contribution in [0.1, 0.15) is 23.5 Å². The summed E-state index contributed by atoms with van der Waals surface area (Å²) in [5, 5.41) is 4.11. The third kappa shape index (κ3) is 2.85. The zero-order valence-electron chi connectivity index (χ0n) is 13.7. The fraction of sp³-hybridized carbons (Fsp3) is 0.158. The van der Waals surface area contributed by atoms with Gasteiger partial charge in [0.25, 0.3) is 0 Å². The van der Waals surface area contributed by atoms with Gasteiger partial charge < -0.3 is 19.9 Å². The Balaban J connectivity index is 1.77. The third-order valence-electron chi connectivity index (χ3n) is 4.39. The van der Waals surface area contributed by atoms with Crippen LogP contribution in [-0.4, -0.2) is 22.2 Å². The lowest BCUT2D eigenvalue weighted by atomic mass is 10.0. The summed E-state index contributed by atoms with van der Waals surface area (Å²) in [6.07, 6.45) is 3.74. The average molecular weight is 350 g/mol. The first kappa shape index (κ1) is 15.7. The summed E-state index contributed by atoms with van der Waals surface area (Å²) in [7, 11) is 1.66. The summed E-state index contributed by atoms with van der Waals surface area (Å²) in [6.45, 7) is 0. The molecule has 0 spiro atoms. The molecule has 1 aromatic carbocycles. The minimum absolute atomic E-state index is 0.00852. The number of benzene rings is 1. The van der Waals surface area contributed by atoms with Crippen LogP contribution in [0.4, 0.5) is 5.69 Å². The Labute approximate surface area is 151 Å². The zero-order chi connectivity index (χ0) is 17.2. The van der Waals surface area contributed by atoms with E-state index in [1.54, 1.807) is 7.11 Å². The molecule has 2 unspecified atom stereocenters. The monoisotopic (exact) mass is 350 g/mol. The number of methoxy groups -OCH3 is 1. The lowest BCUT2D eigenvalue weighted by Gasteiger charge is -2.27. The second-order valence-electron chi connectivity index (χ2n) is 5.82. The number of nitrogens with zero attached hydrogens (tertiary/aromatic N) is 2. The van der Waals surface area contributed by atoms with Gasteiger partial charge >= 0.3 is 0 Å². The molecule has 25 heavy (non-hydrogen) atoms. The highest BCUT2D eigenvalue weighted by molar-refractivity contribution is 7.80. The van der Waals surface area contributed by atoms with Crippen LogP contribution in [0.5, 0.6) is 5.75 Å². The fourth-order valence-electron chi connectivity index (χ4n) is 3.22. The Morgan fingerprint density at radius 3 is 2.56 bits per heavy atom. The fourth-order valence-corrected chi connectivity index (χ4v) is 3.57. The molecule has 2 N–H and O–H groups in total. The SMILES string of the molecule is COc1ccc(N2C(=S)NC(c3ccccn3)C2c2ccc[nH]2)cc1. The Bertz CT molecular complexity index is 849. The van der Waals surface area contributed by atoms with Crippen molar-refractivity contribution in [2.24, 2.45) is 0 Å². The van der Waals surface area contributed by atoms with Crippen molar-refractivity contribution in [3.8, 4) is 5.75 Å². The molecule has 5 nitrogen and oxygen atoms in total. The first-order chi connectivity index (χ1) is 12.3. The maximum atomic E-state index is 5.65. The molecule has 1 aliphatic rings. The quantitative estimate of drug-likeness (QED) is 0.704. The first-order valence-corrected chi connectivity index (χ1v) is 8.47. The van der Waals surface area contributed by atoms with E-state index in [1.165, 1.54) is 0 Å². The lowest BCUT2D eigenvalue weighted by molar-refractivity contribution is 0.415. The average Bonchev–Trinajstić information content (AvgIpc) is 3.30. The normalized spacial score (nSPS) is 19.7. The van der Waals surface area contributed by atoms with Gasteiger partial charge in [0.1, 0.15) is 11.8 Å². The highest BCUT2D eigenvalue weighted by Crippen LogP contribution is 2.40. The molecule has 2 atom stereocenters. The minimum atomic E-state index is -0.0329. The summed E-state index contributed by atoms with van der Waals surface area (Å²) >= 11 is 5.65. The molecule has 0 aliphatic carbocycles. The highest BCUT2D eigenvalue weighted by Gasteiger charge is 2.41. The molecule has 0 bridgehead atoms. The van der Waals surface area contributed by atoms with E-state index in [0.29, 0.717) is 5.11 Å². The van der Waals surface area contributed by atoms with Crippen LogP contribution in [0, 0.1) is 0 Å². The number of thiocarbonyl (C=S) groups is 1. The first-order valence-electron chi connectivity index (χ1n) is 8.06. The summed E-state index contributed by atoms with van der Waals surface area (Å²) < 4.78 is 5.27. The van der Waals surface area contributed by atoms with Crippen LogP contribution in [-0.2, 0) is 0 Å². The Morgan fingerprint density at radius 1 is 1.08 bits per heavy atom. The van der Waals surface area contributed by atoms with E-state index in [1.807, 2.05) is 60.9 Å². The predicted molar refractivity (Wildman–Crippen MR) is 102 cm³/mol. The summed E-state index contributed by atoms with van der Waals surface area (Å²) in [5.74, 6) is 0.819. The Kier molecular flexibility index (Phi) is 4.11. The molecule has 1 fully saturated rings. The van der Waals surface area contributed by atoms with Gasteiger partial charge in [0.05, 0.1) is 18.8 Å². The van der Waals surface area contributed by atoms with E-state index in [9.17, 15) is 0 Å². The van der Waals surface area contributed by atoms with E-state index >= 15 is 0 Å². The molecule has 0 radical (unpaired) electrons. The maximum Gasteiger partial charge on any atom is 0.174 e. The van der Waals surface area contributed by atoms with E-state index in [4.69, 9.17) is 17.0 Å². The van der Waals surface area contributed by atoms with E-state index in [2.05, 4.69) is 26.3 Å². The summed E-state index contributed by atoms with van der Waals surface area (Å²) in [5.41, 5.74) is 3.05. The highest BCUT2D eigenvalue weighted by atomic mass is 32.1. The van der Waals surface area contributed by atoms with Crippen molar-refractivity contribution in [1.82, 2.24) is 15.3 Å². The van der Waals surface area contributed by atoms with E-state index < -0.39 is 0 Å². The van der Waals surface area contributed by atoms with Crippen LogP contribution in [0.25, 0.3) is 0 Å². The zero-order valence-corrected chi connectivity index (χ0v) is 14.5. The molecule has 6 heteroatoms. The molecule has 3 aromatic rings. The number of anilines is 1. The lowest BCUT2D eigenvalue weighted by Crippen LogP contribution is -2.29. The molecule has 4 rings (SSSR count). The summed E-state index contributed by atoms with van der Waals surface area (Å²) in [4.78, 5) is 9.98. The van der Waals surface area contributed by atoms with Gasteiger partial charge in [-0.15, -0.1) is 0 Å². The van der Waals surface area contributed by atoms with Crippen LogP contribution < -0.4 is 15.0 Å². The molecule has 0 saturated carbocycles. The largest absolute Gasteiger partial charge is 0.497 e. The topological polar surface area (TPSA) is 53.2 Å². The second-order valence-corrected chi connectivity index (χ2v) is 6.21. The van der Waals surface area contributed by atoms with Crippen LogP contribution >= 0.6 is 12.2 Å². The number of aromatic nitrogens is 2. The molecular weight excluding hydrogens is 332 g/mol. The van der Waals surface area contributed by atoms with Gasteiger partial charge in [0.15, 0.2) is 5.11 Å².